The van der Waals surface area contributed by atoms with E-state index in [-0.39, 0.29) is 6.61 Å². The molecule has 1 aliphatic rings. The third-order valence-electron chi connectivity index (χ3n) is 4.52. The van der Waals surface area contributed by atoms with Crippen LogP contribution in [0.25, 0.3) is 0 Å². The van der Waals surface area contributed by atoms with Crippen molar-refractivity contribution in [3.63, 3.8) is 0 Å². The molecule has 1 aromatic carbocycles. The number of benzene rings is 1. The van der Waals surface area contributed by atoms with E-state index in [1.54, 1.807) is 6.20 Å². The Morgan fingerprint density at radius 1 is 1.25 bits per heavy atom. The first kappa shape index (κ1) is 16.5. The average Bonchev–Trinajstić information content (AvgIpc) is 3.14. The number of nitriles is 1. The van der Waals surface area contributed by atoms with Crippen molar-refractivity contribution < 1.29 is 4.74 Å². The molecular weight excluding hydrogens is 302 g/mol. The van der Waals surface area contributed by atoms with Gasteiger partial charge in [-0.3, -0.25) is 9.58 Å². The van der Waals surface area contributed by atoms with Crippen LogP contribution in [0.3, 0.4) is 0 Å². The first-order valence-electron chi connectivity index (χ1n) is 8.52. The fourth-order valence-electron chi connectivity index (χ4n) is 3.27. The molecule has 1 aromatic heterocycles. The largest absolute Gasteiger partial charge is 0.479 e. The van der Waals surface area contributed by atoms with E-state index in [4.69, 9.17) is 10.00 Å². The molecule has 1 atom stereocenters. The van der Waals surface area contributed by atoms with Gasteiger partial charge in [0.1, 0.15) is 11.8 Å². The van der Waals surface area contributed by atoms with E-state index in [1.807, 2.05) is 29.1 Å². The third-order valence-corrected chi connectivity index (χ3v) is 4.52. The monoisotopic (exact) mass is 325 g/mol. The van der Waals surface area contributed by atoms with Gasteiger partial charge in [0.2, 0.25) is 0 Å². The summed E-state index contributed by atoms with van der Waals surface area (Å²) < 4.78 is 7.22. The normalized spacial score (nSPS) is 18.2. The molecule has 0 bridgehead atoms. The maximum Gasteiger partial charge on any atom is 0.174 e. The van der Waals surface area contributed by atoms with Gasteiger partial charge in [-0.15, -0.1) is 5.10 Å². The molecule has 0 saturated carbocycles. The number of aromatic nitrogens is 3. The minimum atomic E-state index is 0.0931. The van der Waals surface area contributed by atoms with Gasteiger partial charge in [0.15, 0.2) is 6.61 Å². The average molecular weight is 325 g/mol. The quantitative estimate of drug-likeness (QED) is 0.783. The van der Waals surface area contributed by atoms with Crippen LogP contribution in [0.15, 0.2) is 36.7 Å². The lowest BCUT2D eigenvalue weighted by atomic mass is 9.98. The standard InChI is InChI=1S/C18H23N5O/c19-9-14-24-18-6-4-16(5-7-18)15-22-11-2-1-3-17(22)8-12-23-13-10-20-21-23/h4-7,10,13,17H,1-3,8,11-12,14-15H2. The Morgan fingerprint density at radius 2 is 2.12 bits per heavy atom. The first-order valence-corrected chi connectivity index (χ1v) is 8.52. The van der Waals surface area contributed by atoms with Gasteiger partial charge < -0.3 is 4.74 Å². The SMILES string of the molecule is N#CCOc1ccc(CN2CCCCC2CCn2ccnn2)cc1. The van der Waals surface area contributed by atoms with E-state index in [9.17, 15) is 0 Å². The summed E-state index contributed by atoms with van der Waals surface area (Å²) in [5, 5.41) is 16.5. The van der Waals surface area contributed by atoms with Gasteiger partial charge in [0.05, 0.1) is 6.20 Å². The molecule has 6 nitrogen and oxygen atoms in total. The van der Waals surface area contributed by atoms with Crippen LogP contribution < -0.4 is 4.74 Å². The van der Waals surface area contributed by atoms with E-state index in [0.717, 1.165) is 31.8 Å². The molecule has 0 spiro atoms. The van der Waals surface area contributed by atoms with Gasteiger partial charge in [0, 0.05) is 25.3 Å². The molecule has 0 aliphatic carbocycles. The zero-order chi connectivity index (χ0) is 16.6. The molecule has 0 N–H and O–H groups in total. The number of ether oxygens (including phenoxy) is 1. The fraction of sp³-hybridized carbons (Fsp3) is 0.500. The second-order valence-electron chi connectivity index (χ2n) is 6.17. The Bertz CT molecular complexity index is 647. The number of hydrogen-bond acceptors (Lipinski definition) is 5. The summed E-state index contributed by atoms with van der Waals surface area (Å²) in [5.41, 5.74) is 1.28. The number of aryl methyl sites for hydroxylation is 1. The van der Waals surface area contributed by atoms with Crippen LogP contribution >= 0.6 is 0 Å². The second-order valence-corrected chi connectivity index (χ2v) is 6.17. The van der Waals surface area contributed by atoms with Crippen LogP contribution in [0.5, 0.6) is 5.75 Å². The van der Waals surface area contributed by atoms with Gasteiger partial charge >= 0.3 is 0 Å². The van der Waals surface area contributed by atoms with Crippen LogP contribution in [0.2, 0.25) is 0 Å². The van der Waals surface area contributed by atoms with Crippen molar-refractivity contribution >= 4 is 0 Å². The number of rotatable bonds is 7. The Morgan fingerprint density at radius 3 is 2.88 bits per heavy atom. The molecule has 1 fully saturated rings. The molecule has 3 rings (SSSR count). The summed E-state index contributed by atoms with van der Waals surface area (Å²) in [6.07, 6.45) is 8.58. The number of piperidine rings is 1. The molecule has 2 aromatic rings. The zero-order valence-electron chi connectivity index (χ0n) is 13.8. The lowest BCUT2D eigenvalue weighted by Gasteiger charge is -2.35. The molecule has 0 radical (unpaired) electrons. The molecule has 1 unspecified atom stereocenters. The van der Waals surface area contributed by atoms with Gasteiger partial charge in [-0.1, -0.05) is 23.8 Å². The van der Waals surface area contributed by atoms with E-state index < -0.39 is 0 Å². The van der Waals surface area contributed by atoms with Gasteiger partial charge in [-0.2, -0.15) is 5.26 Å². The van der Waals surface area contributed by atoms with Crippen molar-refractivity contribution in [1.29, 1.82) is 5.26 Å². The maximum absolute atomic E-state index is 8.55. The Kier molecular flexibility index (Phi) is 5.80. The van der Waals surface area contributed by atoms with Crippen molar-refractivity contribution in [1.82, 2.24) is 19.9 Å². The van der Waals surface area contributed by atoms with E-state index >= 15 is 0 Å². The molecule has 126 valence electrons. The molecule has 6 heteroatoms. The Labute approximate surface area is 142 Å². The highest BCUT2D eigenvalue weighted by molar-refractivity contribution is 5.27. The summed E-state index contributed by atoms with van der Waals surface area (Å²) in [5.74, 6) is 0.752. The molecule has 1 saturated heterocycles. The lowest BCUT2D eigenvalue weighted by Crippen LogP contribution is -2.39. The van der Waals surface area contributed by atoms with Crippen molar-refractivity contribution in [2.24, 2.45) is 0 Å². The minimum absolute atomic E-state index is 0.0931. The minimum Gasteiger partial charge on any atom is -0.479 e. The fourth-order valence-corrected chi connectivity index (χ4v) is 3.27. The highest BCUT2D eigenvalue weighted by Crippen LogP contribution is 2.23. The third kappa shape index (κ3) is 4.56. The number of likely N-dealkylation sites (tertiary alicyclic amines) is 1. The topological polar surface area (TPSA) is 67.0 Å². The molecule has 1 aliphatic heterocycles. The van der Waals surface area contributed by atoms with Crippen LogP contribution in [0.1, 0.15) is 31.2 Å². The summed E-state index contributed by atoms with van der Waals surface area (Å²) in [6.45, 7) is 3.12. The number of nitrogens with zero attached hydrogens (tertiary/aromatic N) is 5. The molecule has 24 heavy (non-hydrogen) atoms. The summed E-state index contributed by atoms with van der Waals surface area (Å²) in [4.78, 5) is 2.57. The van der Waals surface area contributed by atoms with Crippen LogP contribution in [0.4, 0.5) is 0 Å². The smallest absolute Gasteiger partial charge is 0.174 e. The van der Waals surface area contributed by atoms with E-state index in [1.165, 1.54) is 24.8 Å². The highest BCUT2D eigenvalue weighted by atomic mass is 16.5. The predicted octanol–water partition coefficient (Wildman–Crippen LogP) is 2.63. The van der Waals surface area contributed by atoms with Crippen molar-refractivity contribution in [2.45, 2.75) is 44.8 Å². The van der Waals surface area contributed by atoms with Crippen LogP contribution in [-0.4, -0.2) is 39.1 Å². The van der Waals surface area contributed by atoms with Gasteiger partial charge in [-0.25, -0.2) is 0 Å². The van der Waals surface area contributed by atoms with E-state index in [0.29, 0.717) is 6.04 Å². The van der Waals surface area contributed by atoms with Gasteiger partial charge in [-0.05, 0) is 43.5 Å². The van der Waals surface area contributed by atoms with Crippen molar-refractivity contribution in [2.75, 3.05) is 13.2 Å². The first-order chi connectivity index (χ1) is 11.8. The lowest BCUT2D eigenvalue weighted by molar-refractivity contribution is 0.127. The zero-order valence-corrected chi connectivity index (χ0v) is 13.8. The predicted molar refractivity (Wildman–Crippen MR) is 90.2 cm³/mol. The molecular formula is C18H23N5O. The molecule has 0 amide bonds. The van der Waals surface area contributed by atoms with Gasteiger partial charge in [0.25, 0.3) is 0 Å². The van der Waals surface area contributed by atoms with Crippen molar-refractivity contribution in [3.8, 4) is 11.8 Å². The Balaban J connectivity index is 1.56. The van der Waals surface area contributed by atoms with E-state index in [2.05, 4.69) is 27.3 Å². The summed E-state index contributed by atoms with van der Waals surface area (Å²) in [7, 11) is 0. The second kappa shape index (κ2) is 8.46. The summed E-state index contributed by atoms with van der Waals surface area (Å²) in [6, 6.07) is 10.7. The van der Waals surface area contributed by atoms with Crippen LogP contribution in [0, 0.1) is 11.3 Å². The summed E-state index contributed by atoms with van der Waals surface area (Å²) >= 11 is 0. The van der Waals surface area contributed by atoms with Crippen molar-refractivity contribution in [3.05, 3.63) is 42.2 Å². The Hall–Kier alpha value is -2.39. The van der Waals surface area contributed by atoms with Crippen LogP contribution in [-0.2, 0) is 13.1 Å². The number of hydrogen-bond donors (Lipinski definition) is 0. The molecule has 2 heterocycles. The highest BCUT2D eigenvalue weighted by Gasteiger charge is 2.22. The maximum atomic E-state index is 8.55.